The summed E-state index contributed by atoms with van der Waals surface area (Å²) >= 11 is 0. The zero-order valence-electron chi connectivity index (χ0n) is 17.0. The maximum Gasteiger partial charge on any atom is 0.255 e. The SMILES string of the molecule is Cc1cc(NC(=O)C2CC(=O)N(c3ccccc3)C2)n(-c2nc(C)c(C)c(=O)[nH]2)n1. The third-order valence-electron chi connectivity index (χ3n) is 5.23. The van der Waals surface area contributed by atoms with E-state index in [0.717, 1.165) is 5.69 Å². The largest absolute Gasteiger partial charge is 0.312 e. The zero-order valence-corrected chi connectivity index (χ0v) is 17.0. The molecule has 0 bridgehead atoms. The summed E-state index contributed by atoms with van der Waals surface area (Å²) in [6.07, 6.45) is 0.132. The van der Waals surface area contributed by atoms with Crippen LogP contribution in [0.4, 0.5) is 11.5 Å². The minimum absolute atomic E-state index is 0.0915. The second-order valence-electron chi connectivity index (χ2n) is 7.41. The molecule has 9 nitrogen and oxygen atoms in total. The van der Waals surface area contributed by atoms with Crippen LogP contribution in [0.3, 0.4) is 0 Å². The molecule has 2 aromatic heterocycles. The Bertz CT molecular complexity index is 1180. The lowest BCUT2D eigenvalue weighted by Gasteiger charge is -2.16. The second kappa shape index (κ2) is 7.58. The van der Waals surface area contributed by atoms with Crippen LogP contribution in [0.2, 0.25) is 0 Å². The highest BCUT2D eigenvalue weighted by Crippen LogP contribution is 2.26. The zero-order chi connectivity index (χ0) is 21.4. The van der Waals surface area contributed by atoms with Gasteiger partial charge < -0.3 is 10.2 Å². The molecular formula is C21H22N6O3. The van der Waals surface area contributed by atoms with E-state index in [-0.39, 0.29) is 29.7 Å². The van der Waals surface area contributed by atoms with E-state index in [0.29, 0.717) is 29.3 Å². The molecule has 1 aliphatic heterocycles. The summed E-state index contributed by atoms with van der Waals surface area (Å²) in [6.45, 7) is 5.52. The maximum absolute atomic E-state index is 12.9. The fourth-order valence-corrected chi connectivity index (χ4v) is 3.45. The van der Waals surface area contributed by atoms with Crippen molar-refractivity contribution in [2.75, 3.05) is 16.8 Å². The molecule has 1 fully saturated rings. The molecule has 1 aromatic carbocycles. The van der Waals surface area contributed by atoms with Crippen molar-refractivity contribution in [2.45, 2.75) is 27.2 Å². The van der Waals surface area contributed by atoms with E-state index < -0.39 is 5.92 Å². The van der Waals surface area contributed by atoms with Gasteiger partial charge in [-0.2, -0.15) is 9.78 Å². The number of aromatic nitrogens is 4. The van der Waals surface area contributed by atoms with Gasteiger partial charge in [0.2, 0.25) is 17.8 Å². The lowest BCUT2D eigenvalue weighted by Crippen LogP contribution is -2.29. The van der Waals surface area contributed by atoms with Crippen LogP contribution in [0.25, 0.3) is 5.95 Å². The average Bonchev–Trinajstić information content (AvgIpc) is 3.29. The van der Waals surface area contributed by atoms with Crippen LogP contribution >= 0.6 is 0 Å². The average molecular weight is 406 g/mol. The van der Waals surface area contributed by atoms with Crippen LogP contribution in [-0.2, 0) is 9.59 Å². The number of carbonyl (C=O) groups is 2. The number of amides is 2. The van der Waals surface area contributed by atoms with Crippen molar-refractivity contribution in [3.63, 3.8) is 0 Å². The fourth-order valence-electron chi connectivity index (χ4n) is 3.45. The number of nitrogens with zero attached hydrogens (tertiary/aromatic N) is 4. The van der Waals surface area contributed by atoms with Gasteiger partial charge >= 0.3 is 0 Å². The highest BCUT2D eigenvalue weighted by molar-refractivity contribution is 6.03. The molecule has 0 saturated carbocycles. The van der Waals surface area contributed by atoms with E-state index in [9.17, 15) is 14.4 Å². The Hall–Kier alpha value is -3.75. The third-order valence-corrected chi connectivity index (χ3v) is 5.23. The Balaban J connectivity index is 1.56. The molecule has 1 saturated heterocycles. The van der Waals surface area contributed by atoms with Crippen LogP contribution in [0.1, 0.15) is 23.4 Å². The lowest BCUT2D eigenvalue weighted by atomic mass is 10.1. The van der Waals surface area contributed by atoms with Gasteiger partial charge in [-0.15, -0.1) is 0 Å². The topological polar surface area (TPSA) is 113 Å². The highest BCUT2D eigenvalue weighted by atomic mass is 16.2. The molecule has 2 amide bonds. The first-order valence-electron chi connectivity index (χ1n) is 9.64. The van der Waals surface area contributed by atoms with Crippen molar-refractivity contribution in [1.29, 1.82) is 0 Å². The summed E-state index contributed by atoms with van der Waals surface area (Å²) in [4.78, 5) is 46.1. The Morgan fingerprint density at radius 1 is 1.17 bits per heavy atom. The molecule has 0 radical (unpaired) electrons. The van der Waals surface area contributed by atoms with Crippen molar-refractivity contribution < 1.29 is 9.59 Å². The van der Waals surface area contributed by atoms with E-state index in [1.807, 2.05) is 30.3 Å². The number of para-hydroxylation sites is 1. The van der Waals surface area contributed by atoms with Crippen LogP contribution < -0.4 is 15.8 Å². The first-order valence-corrected chi connectivity index (χ1v) is 9.64. The molecule has 1 aliphatic rings. The normalized spacial score (nSPS) is 16.2. The lowest BCUT2D eigenvalue weighted by molar-refractivity contribution is -0.122. The first-order chi connectivity index (χ1) is 14.3. The van der Waals surface area contributed by atoms with Gasteiger partial charge in [0, 0.05) is 36.0 Å². The molecule has 1 atom stereocenters. The minimum Gasteiger partial charge on any atom is -0.312 e. The van der Waals surface area contributed by atoms with Crippen molar-refractivity contribution >= 4 is 23.3 Å². The van der Waals surface area contributed by atoms with Gasteiger partial charge in [0.05, 0.1) is 11.6 Å². The number of nitrogens with one attached hydrogen (secondary N) is 2. The highest BCUT2D eigenvalue weighted by Gasteiger charge is 2.35. The molecule has 9 heteroatoms. The number of hydrogen-bond acceptors (Lipinski definition) is 5. The number of carbonyl (C=O) groups excluding carboxylic acids is 2. The summed E-state index contributed by atoms with van der Waals surface area (Å²) in [7, 11) is 0. The quantitative estimate of drug-likeness (QED) is 0.687. The van der Waals surface area contributed by atoms with Gasteiger partial charge in [-0.25, -0.2) is 4.98 Å². The van der Waals surface area contributed by atoms with E-state index in [1.54, 1.807) is 31.7 Å². The van der Waals surface area contributed by atoms with Gasteiger partial charge in [0.25, 0.3) is 5.56 Å². The van der Waals surface area contributed by atoms with E-state index in [1.165, 1.54) is 4.68 Å². The molecule has 3 heterocycles. The second-order valence-corrected chi connectivity index (χ2v) is 7.41. The van der Waals surface area contributed by atoms with Crippen LogP contribution in [-0.4, -0.2) is 38.1 Å². The summed E-state index contributed by atoms with van der Waals surface area (Å²) < 4.78 is 1.40. The van der Waals surface area contributed by atoms with Crippen LogP contribution in [0.5, 0.6) is 0 Å². The third kappa shape index (κ3) is 3.61. The van der Waals surface area contributed by atoms with Crippen molar-refractivity contribution in [2.24, 2.45) is 5.92 Å². The van der Waals surface area contributed by atoms with Crippen LogP contribution in [0, 0.1) is 26.7 Å². The van der Waals surface area contributed by atoms with Crippen molar-refractivity contribution in [3.05, 3.63) is 63.7 Å². The van der Waals surface area contributed by atoms with E-state index >= 15 is 0 Å². The summed E-state index contributed by atoms with van der Waals surface area (Å²) in [5.74, 6) is -0.261. The summed E-state index contributed by atoms with van der Waals surface area (Å²) in [5.41, 5.74) is 2.27. The molecule has 0 aliphatic carbocycles. The van der Waals surface area contributed by atoms with E-state index in [4.69, 9.17) is 0 Å². The molecule has 30 heavy (non-hydrogen) atoms. The molecular weight excluding hydrogens is 384 g/mol. The standard InChI is InChI=1S/C21H22N6O3/c1-12-9-17(27(25-12)21-22-14(3)13(2)19(29)24-21)23-20(30)15-10-18(28)26(11-15)16-7-5-4-6-8-16/h4-9,15H,10-11H2,1-3H3,(H,23,30)(H,22,24,29). The molecule has 154 valence electrons. The predicted octanol–water partition coefficient (Wildman–Crippen LogP) is 1.87. The van der Waals surface area contributed by atoms with Crippen LogP contribution in [0.15, 0.2) is 41.2 Å². The molecule has 2 N–H and O–H groups in total. The molecule has 1 unspecified atom stereocenters. The molecule has 0 spiro atoms. The maximum atomic E-state index is 12.9. The van der Waals surface area contributed by atoms with Crippen molar-refractivity contribution in [3.8, 4) is 5.95 Å². The first kappa shape index (κ1) is 19.6. The monoisotopic (exact) mass is 406 g/mol. The smallest absolute Gasteiger partial charge is 0.255 e. The Morgan fingerprint density at radius 3 is 2.60 bits per heavy atom. The van der Waals surface area contributed by atoms with Gasteiger partial charge in [0.1, 0.15) is 5.82 Å². The Kier molecular flexibility index (Phi) is 4.94. The van der Waals surface area contributed by atoms with Gasteiger partial charge in [0.15, 0.2) is 0 Å². The van der Waals surface area contributed by atoms with Gasteiger partial charge in [-0.05, 0) is 32.9 Å². The summed E-state index contributed by atoms with van der Waals surface area (Å²) in [6, 6.07) is 11.0. The number of anilines is 2. The summed E-state index contributed by atoms with van der Waals surface area (Å²) in [5, 5.41) is 7.18. The number of hydrogen-bond donors (Lipinski definition) is 2. The van der Waals surface area contributed by atoms with Crippen molar-refractivity contribution in [1.82, 2.24) is 19.7 Å². The number of aromatic amines is 1. The number of rotatable bonds is 4. The molecule has 4 rings (SSSR count). The fraction of sp³-hybridized carbons (Fsp3) is 0.286. The number of aryl methyl sites for hydroxylation is 2. The Morgan fingerprint density at radius 2 is 1.90 bits per heavy atom. The minimum atomic E-state index is -0.492. The Labute approximate surface area is 172 Å². The van der Waals surface area contributed by atoms with E-state index in [2.05, 4.69) is 20.4 Å². The predicted molar refractivity (Wildman–Crippen MR) is 112 cm³/mol. The van der Waals surface area contributed by atoms with Gasteiger partial charge in [-0.3, -0.25) is 19.4 Å². The number of benzene rings is 1. The number of H-pyrrole nitrogens is 1. The van der Waals surface area contributed by atoms with Gasteiger partial charge in [-0.1, -0.05) is 18.2 Å². The molecule has 3 aromatic rings.